The summed E-state index contributed by atoms with van der Waals surface area (Å²) in [6.45, 7) is 0. The van der Waals surface area contributed by atoms with E-state index in [1.54, 1.807) is 0 Å². The van der Waals surface area contributed by atoms with E-state index in [0.717, 1.165) is 0 Å². The van der Waals surface area contributed by atoms with Crippen LogP contribution in [0.5, 0.6) is 0 Å². The van der Waals surface area contributed by atoms with Crippen LogP contribution in [0.4, 0.5) is 14.5 Å². The van der Waals surface area contributed by atoms with Crippen LogP contribution in [0.2, 0.25) is 0 Å². The molecule has 0 saturated carbocycles. The normalized spacial score (nSPS) is 9.86. The Balaban J connectivity index is 3.46. The Morgan fingerprint density at radius 3 is 2.36 bits per heavy atom. The number of hydrogen-bond acceptors (Lipinski definition) is 3. The average molecular weight is 201 g/mol. The van der Waals surface area contributed by atoms with Gasteiger partial charge in [-0.1, -0.05) is 0 Å². The molecule has 1 aromatic carbocycles. The fourth-order valence-corrected chi connectivity index (χ4v) is 0.903. The first-order valence-corrected chi connectivity index (χ1v) is 3.41. The summed E-state index contributed by atoms with van der Waals surface area (Å²) in [5, 5.41) is 17.3. The topological polar surface area (TPSA) is 93.0 Å². The molecule has 0 radical (unpaired) electrons. The van der Waals surface area contributed by atoms with E-state index < -0.39 is 33.6 Å². The summed E-state index contributed by atoms with van der Waals surface area (Å²) in [6.07, 6.45) is 0. The molecule has 0 fully saturated rings. The molecule has 0 saturated heterocycles. The Kier molecular flexibility index (Phi) is 2.41. The Hall–Kier alpha value is -2.05. The third-order valence-corrected chi connectivity index (χ3v) is 1.53. The number of halogens is 2. The van der Waals surface area contributed by atoms with Gasteiger partial charge in [-0.05, 0) is 6.07 Å². The van der Waals surface area contributed by atoms with Gasteiger partial charge >= 0.3 is 0 Å². The van der Waals surface area contributed by atoms with E-state index in [1.807, 2.05) is 0 Å². The summed E-state index contributed by atoms with van der Waals surface area (Å²) in [7, 11) is 0. The van der Waals surface area contributed by atoms with Crippen molar-refractivity contribution in [3.63, 3.8) is 0 Å². The molecule has 0 spiro atoms. The van der Waals surface area contributed by atoms with E-state index in [4.69, 9.17) is 11.1 Å². The average Bonchev–Trinajstić information content (AvgIpc) is 2.08. The highest BCUT2D eigenvalue weighted by atomic mass is 19.2. The van der Waals surface area contributed by atoms with E-state index in [2.05, 4.69) is 0 Å². The van der Waals surface area contributed by atoms with Crippen molar-refractivity contribution in [1.29, 1.82) is 5.41 Å². The van der Waals surface area contributed by atoms with Crippen LogP contribution in [-0.4, -0.2) is 10.8 Å². The largest absolute Gasteiger partial charge is 0.383 e. The van der Waals surface area contributed by atoms with Gasteiger partial charge in [-0.15, -0.1) is 0 Å². The second-order valence-corrected chi connectivity index (χ2v) is 2.45. The maximum absolute atomic E-state index is 12.6. The number of amidine groups is 1. The Morgan fingerprint density at radius 2 is 1.93 bits per heavy atom. The van der Waals surface area contributed by atoms with E-state index in [9.17, 15) is 18.9 Å². The summed E-state index contributed by atoms with van der Waals surface area (Å²) in [4.78, 5) is 9.42. The molecule has 0 bridgehead atoms. The Labute approximate surface area is 76.8 Å². The highest BCUT2D eigenvalue weighted by Gasteiger charge is 2.20. The number of benzene rings is 1. The number of nitrogens with zero attached hydrogens (tertiary/aromatic N) is 1. The molecular weight excluding hydrogens is 196 g/mol. The second kappa shape index (κ2) is 3.36. The van der Waals surface area contributed by atoms with E-state index in [0.29, 0.717) is 12.1 Å². The Bertz CT molecular complexity index is 381. The minimum absolute atomic E-state index is 0.395. The number of hydrogen-bond donors (Lipinski definition) is 2. The summed E-state index contributed by atoms with van der Waals surface area (Å²) in [5.74, 6) is -3.31. The second-order valence-electron chi connectivity index (χ2n) is 2.45. The summed E-state index contributed by atoms with van der Waals surface area (Å²) in [6, 6.07) is 0.919. The molecule has 14 heavy (non-hydrogen) atoms. The number of rotatable bonds is 2. The predicted molar refractivity (Wildman–Crippen MR) is 44.0 cm³/mol. The van der Waals surface area contributed by atoms with Crippen LogP contribution in [0, 0.1) is 27.2 Å². The molecule has 0 aliphatic heterocycles. The zero-order valence-electron chi connectivity index (χ0n) is 6.75. The molecule has 0 aliphatic rings. The lowest BCUT2D eigenvalue weighted by molar-refractivity contribution is -0.385. The fourth-order valence-electron chi connectivity index (χ4n) is 0.903. The maximum atomic E-state index is 12.6. The molecule has 0 unspecified atom stereocenters. The first-order chi connectivity index (χ1) is 6.43. The van der Waals surface area contributed by atoms with Crippen molar-refractivity contribution in [2.45, 2.75) is 0 Å². The maximum Gasteiger partial charge on any atom is 0.283 e. The van der Waals surface area contributed by atoms with E-state index in [-0.39, 0.29) is 0 Å². The molecule has 0 aromatic heterocycles. The van der Waals surface area contributed by atoms with Gasteiger partial charge in [0.05, 0.1) is 16.6 Å². The third-order valence-electron chi connectivity index (χ3n) is 1.53. The van der Waals surface area contributed by atoms with Gasteiger partial charge in [0.25, 0.3) is 5.69 Å². The minimum atomic E-state index is -1.35. The van der Waals surface area contributed by atoms with E-state index >= 15 is 0 Å². The zero-order chi connectivity index (χ0) is 10.9. The number of nitro groups is 1. The molecule has 5 nitrogen and oxygen atoms in total. The molecular formula is C7H5F2N3O2. The van der Waals surface area contributed by atoms with Crippen LogP contribution in [0.1, 0.15) is 5.56 Å². The molecule has 1 rings (SSSR count). The van der Waals surface area contributed by atoms with Crippen molar-refractivity contribution in [3.8, 4) is 0 Å². The van der Waals surface area contributed by atoms with Gasteiger partial charge < -0.3 is 5.73 Å². The fraction of sp³-hybridized carbons (Fsp3) is 0. The third kappa shape index (κ3) is 1.65. The predicted octanol–water partition coefficient (Wildman–Crippen LogP) is 1.16. The van der Waals surface area contributed by atoms with Crippen molar-refractivity contribution in [1.82, 2.24) is 0 Å². The molecule has 74 valence electrons. The Morgan fingerprint density at radius 1 is 1.43 bits per heavy atom. The first-order valence-electron chi connectivity index (χ1n) is 3.41. The highest BCUT2D eigenvalue weighted by molar-refractivity contribution is 5.98. The molecule has 3 N–H and O–H groups in total. The van der Waals surface area contributed by atoms with Gasteiger partial charge in [-0.2, -0.15) is 0 Å². The molecule has 0 amide bonds. The summed E-state index contributed by atoms with van der Waals surface area (Å²) in [5.41, 5.74) is 3.80. The zero-order valence-corrected chi connectivity index (χ0v) is 6.75. The standard InChI is InChI=1S/C7H5F2N3O2/c8-4-1-3(7(10)11)6(12(13)14)2-5(4)9/h1-2H,(H3,10,11). The molecule has 0 atom stereocenters. The van der Waals surface area contributed by atoms with Crippen molar-refractivity contribution < 1.29 is 13.7 Å². The lowest BCUT2D eigenvalue weighted by atomic mass is 10.1. The minimum Gasteiger partial charge on any atom is -0.383 e. The number of nitrogen functional groups attached to an aromatic ring is 1. The van der Waals surface area contributed by atoms with Crippen LogP contribution in [0.15, 0.2) is 12.1 Å². The SMILES string of the molecule is N=C(N)c1cc(F)c(F)cc1[N+](=O)[O-]. The lowest BCUT2D eigenvalue weighted by Crippen LogP contribution is -2.14. The van der Waals surface area contributed by atoms with Crippen LogP contribution in [0.3, 0.4) is 0 Å². The number of nitrogens with one attached hydrogen (secondary N) is 1. The van der Waals surface area contributed by atoms with Crippen molar-refractivity contribution in [2.24, 2.45) is 5.73 Å². The van der Waals surface area contributed by atoms with Gasteiger partial charge in [0.2, 0.25) is 0 Å². The smallest absolute Gasteiger partial charge is 0.283 e. The number of nitrogens with two attached hydrogens (primary N) is 1. The summed E-state index contributed by atoms with van der Waals surface area (Å²) >= 11 is 0. The van der Waals surface area contributed by atoms with Crippen molar-refractivity contribution in [2.75, 3.05) is 0 Å². The lowest BCUT2D eigenvalue weighted by Gasteiger charge is -2.01. The van der Waals surface area contributed by atoms with Crippen LogP contribution in [0.25, 0.3) is 0 Å². The number of nitro benzene ring substituents is 1. The molecule has 7 heteroatoms. The monoisotopic (exact) mass is 201 g/mol. The highest BCUT2D eigenvalue weighted by Crippen LogP contribution is 2.21. The van der Waals surface area contributed by atoms with E-state index in [1.165, 1.54) is 0 Å². The summed E-state index contributed by atoms with van der Waals surface area (Å²) < 4.78 is 25.2. The quantitative estimate of drug-likeness (QED) is 0.325. The van der Waals surface area contributed by atoms with Crippen molar-refractivity contribution in [3.05, 3.63) is 39.4 Å². The first kappa shape index (κ1) is 10.0. The van der Waals surface area contributed by atoms with Gasteiger partial charge in [-0.3, -0.25) is 15.5 Å². The van der Waals surface area contributed by atoms with Crippen molar-refractivity contribution >= 4 is 11.5 Å². The molecule has 0 heterocycles. The van der Waals surface area contributed by atoms with Crippen LogP contribution in [-0.2, 0) is 0 Å². The molecule has 0 aliphatic carbocycles. The van der Waals surface area contributed by atoms with Crippen LogP contribution < -0.4 is 5.73 Å². The molecule has 1 aromatic rings. The van der Waals surface area contributed by atoms with Gasteiger partial charge in [0.1, 0.15) is 5.84 Å². The van der Waals surface area contributed by atoms with Crippen LogP contribution >= 0.6 is 0 Å². The van der Waals surface area contributed by atoms with Gasteiger partial charge in [0, 0.05) is 0 Å². The van der Waals surface area contributed by atoms with Gasteiger partial charge in [0.15, 0.2) is 11.6 Å². The van der Waals surface area contributed by atoms with Gasteiger partial charge in [-0.25, -0.2) is 8.78 Å².